The molecule has 2 aromatic heterocycles. The average molecular weight is 372 g/mol. The van der Waals surface area contributed by atoms with Crippen molar-refractivity contribution in [3.63, 3.8) is 0 Å². The third kappa shape index (κ3) is 2.77. The summed E-state index contributed by atoms with van der Waals surface area (Å²) in [6, 6.07) is 7.62. The number of nitrogens with zero attached hydrogens (tertiary/aromatic N) is 3. The van der Waals surface area contributed by atoms with Gasteiger partial charge in [-0.2, -0.15) is 0 Å². The highest BCUT2D eigenvalue weighted by atomic mass is 35.5. The predicted octanol–water partition coefficient (Wildman–Crippen LogP) is 4.89. The van der Waals surface area contributed by atoms with Crippen LogP contribution in [0.4, 0.5) is 0 Å². The van der Waals surface area contributed by atoms with Crippen LogP contribution >= 0.6 is 22.9 Å². The second kappa shape index (κ2) is 6.13. The summed E-state index contributed by atoms with van der Waals surface area (Å²) in [4.78, 5) is 13.7. The van der Waals surface area contributed by atoms with Crippen molar-refractivity contribution in [3.8, 4) is 22.2 Å². The second-order valence-electron chi connectivity index (χ2n) is 5.54. The summed E-state index contributed by atoms with van der Waals surface area (Å²) in [5.74, 6) is 1.27. The van der Waals surface area contributed by atoms with E-state index in [0.29, 0.717) is 16.4 Å². The monoisotopic (exact) mass is 371 g/mol. The highest BCUT2D eigenvalue weighted by Crippen LogP contribution is 2.38. The Labute approximate surface area is 153 Å². The number of fused-ring (bicyclic) bond motifs is 2. The number of halogens is 1. The highest BCUT2D eigenvalue weighted by molar-refractivity contribution is 7.21. The van der Waals surface area contributed by atoms with Gasteiger partial charge in [-0.25, -0.2) is 15.0 Å². The first kappa shape index (κ1) is 16.1. The molecule has 0 unspecified atom stereocenters. The lowest BCUT2D eigenvalue weighted by Gasteiger charge is -2.05. The van der Waals surface area contributed by atoms with E-state index in [1.807, 2.05) is 25.1 Å². The molecule has 7 heteroatoms. The van der Waals surface area contributed by atoms with Gasteiger partial charge in [-0.05, 0) is 36.8 Å². The minimum absolute atomic E-state index is 0.450. The molecule has 0 radical (unpaired) electrons. The number of methoxy groups -OCH3 is 2. The lowest BCUT2D eigenvalue weighted by atomic mass is 10.1. The van der Waals surface area contributed by atoms with Crippen molar-refractivity contribution in [1.82, 2.24) is 15.0 Å². The molecule has 0 saturated carbocycles. The summed E-state index contributed by atoms with van der Waals surface area (Å²) in [5.41, 5.74) is 4.30. The number of ether oxygens (including phenoxy) is 2. The zero-order valence-electron chi connectivity index (χ0n) is 13.8. The molecule has 0 spiro atoms. The molecule has 25 heavy (non-hydrogen) atoms. The van der Waals surface area contributed by atoms with E-state index in [2.05, 4.69) is 9.97 Å². The molecule has 0 fully saturated rings. The van der Waals surface area contributed by atoms with Crippen LogP contribution in [0, 0.1) is 6.92 Å². The van der Waals surface area contributed by atoms with Gasteiger partial charge in [-0.1, -0.05) is 11.6 Å². The van der Waals surface area contributed by atoms with E-state index in [1.54, 1.807) is 37.8 Å². The van der Waals surface area contributed by atoms with Crippen LogP contribution in [0.1, 0.15) is 5.56 Å². The first-order valence-corrected chi connectivity index (χ1v) is 8.74. The molecule has 126 valence electrons. The van der Waals surface area contributed by atoms with Crippen molar-refractivity contribution in [2.24, 2.45) is 0 Å². The molecule has 5 nitrogen and oxygen atoms in total. The Balaban J connectivity index is 1.97. The van der Waals surface area contributed by atoms with Gasteiger partial charge in [-0.15, -0.1) is 11.3 Å². The number of aryl methyl sites for hydroxylation is 1. The van der Waals surface area contributed by atoms with Crippen LogP contribution in [0.2, 0.25) is 5.02 Å². The lowest BCUT2D eigenvalue weighted by molar-refractivity contribution is 0.397. The lowest BCUT2D eigenvalue weighted by Crippen LogP contribution is -1.92. The predicted molar refractivity (Wildman–Crippen MR) is 101 cm³/mol. The van der Waals surface area contributed by atoms with Crippen molar-refractivity contribution in [2.75, 3.05) is 14.2 Å². The number of hydrogen-bond donors (Lipinski definition) is 0. The molecular formula is C18H14ClN3O2S. The Morgan fingerprint density at radius 3 is 2.60 bits per heavy atom. The summed E-state index contributed by atoms with van der Waals surface area (Å²) in [6.45, 7) is 2.02. The topological polar surface area (TPSA) is 57.1 Å². The fraction of sp³-hybridized carbons (Fsp3) is 0.167. The van der Waals surface area contributed by atoms with Gasteiger partial charge in [-0.3, -0.25) is 0 Å². The molecule has 4 aromatic rings. The Morgan fingerprint density at radius 1 is 1.00 bits per heavy atom. The first-order valence-electron chi connectivity index (χ1n) is 7.55. The molecular weight excluding hydrogens is 358 g/mol. The quantitative estimate of drug-likeness (QED) is 0.513. The summed E-state index contributed by atoms with van der Waals surface area (Å²) in [7, 11) is 3.22. The Bertz CT molecular complexity index is 1110. The fourth-order valence-electron chi connectivity index (χ4n) is 2.73. The van der Waals surface area contributed by atoms with Crippen LogP contribution in [-0.2, 0) is 0 Å². The van der Waals surface area contributed by atoms with Gasteiger partial charge < -0.3 is 9.47 Å². The number of hydrogen-bond acceptors (Lipinski definition) is 6. The van der Waals surface area contributed by atoms with Gasteiger partial charge in [0.1, 0.15) is 10.8 Å². The van der Waals surface area contributed by atoms with Crippen LogP contribution in [0.25, 0.3) is 31.8 Å². The molecule has 0 aliphatic heterocycles. The van der Waals surface area contributed by atoms with Crippen LogP contribution in [0.3, 0.4) is 0 Å². The van der Waals surface area contributed by atoms with E-state index in [1.165, 1.54) is 0 Å². The smallest absolute Gasteiger partial charge is 0.232 e. The van der Waals surface area contributed by atoms with Crippen LogP contribution in [0.5, 0.6) is 11.6 Å². The SMILES string of the molecule is COc1cc(C)c2nc(-c3cc(Cl)cc4nc(OC)cnc34)sc2c1. The third-order valence-electron chi connectivity index (χ3n) is 3.92. The van der Waals surface area contributed by atoms with Crippen LogP contribution < -0.4 is 9.47 Å². The van der Waals surface area contributed by atoms with E-state index in [4.69, 9.17) is 26.1 Å². The van der Waals surface area contributed by atoms with Gasteiger partial charge in [0.15, 0.2) is 0 Å². The van der Waals surface area contributed by atoms with E-state index in [9.17, 15) is 0 Å². The molecule has 0 aliphatic rings. The van der Waals surface area contributed by atoms with Crippen molar-refractivity contribution in [1.29, 1.82) is 0 Å². The molecule has 0 N–H and O–H groups in total. The third-order valence-corrected chi connectivity index (χ3v) is 5.18. The maximum Gasteiger partial charge on any atom is 0.232 e. The van der Waals surface area contributed by atoms with Gasteiger partial charge in [0.05, 0.1) is 41.7 Å². The van der Waals surface area contributed by atoms with Crippen molar-refractivity contribution in [3.05, 3.63) is 41.0 Å². The van der Waals surface area contributed by atoms with E-state index in [-0.39, 0.29) is 0 Å². The average Bonchev–Trinajstić information content (AvgIpc) is 3.04. The highest BCUT2D eigenvalue weighted by Gasteiger charge is 2.15. The van der Waals surface area contributed by atoms with Crippen molar-refractivity contribution >= 4 is 44.2 Å². The van der Waals surface area contributed by atoms with Crippen molar-refractivity contribution in [2.45, 2.75) is 6.92 Å². The molecule has 0 aliphatic carbocycles. The maximum atomic E-state index is 6.30. The summed E-state index contributed by atoms with van der Waals surface area (Å²) < 4.78 is 11.6. The van der Waals surface area contributed by atoms with Gasteiger partial charge >= 0.3 is 0 Å². The molecule has 4 rings (SSSR count). The molecule has 0 saturated heterocycles. The minimum Gasteiger partial charge on any atom is -0.497 e. The van der Waals surface area contributed by atoms with Gasteiger partial charge in [0, 0.05) is 10.6 Å². The number of thiazole rings is 1. The van der Waals surface area contributed by atoms with Gasteiger partial charge in [0.2, 0.25) is 5.88 Å². The van der Waals surface area contributed by atoms with E-state index < -0.39 is 0 Å². The summed E-state index contributed by atoms with van der Waals surface area (Å²) in [5, 5.41) is 1.43. The number of benzene rings is 2. The summed E-state index contributed by atoms with van der Waals surface area (Å²) in [6.07, 6.45) is 1.60. The fourth-order valence-corrected chi connectivity index (χ4v) is 4.03. The zero-order valence-corrected chi connectivity index (χ0v) is 15.4. The molecule has 0 bridgehead atoms. The molecule has 0 amide bonds. The van der Waals surface area contributed by atoms with Crippen molar-refractivity contribution < 1.29 is 9.47 Å². The zero-order chi connectivity index (χ0) is 17.6. The second-order valence-corrected chi connectivity index (χ2v) is 7.01. The van der Waals surface area contributed by atoms with Crippen LogP contribution in [0.15, 0.2) is 30.5 Å². The molecule has 2 aromatic carbocycles. The Hall–Kier alpha value is -2.44. The maximum absolute atomic E-state index is 6.30. The number of rotatable bonds is 3. The van der Waals surface area contributed by atoms with Crippen LogP contribution in [-0.4, -0.2) is 29.2 Å². The Morgan fingerprint density at radius 2 is 1.84 bits per heavy atom. The standard InChI is InChI=1S/C18H14ClN3O2S/c1-9-4-11(23-2)7-14-16(9)22-18(25-14)12-5-10(19)6-13-17(12)20-8-15(21-13)24-3/h4-8H,1-3H3. The Kier molecular flexibility index (Phi) is 3.94. The van der Waals surface area contributed by atoms with E-state index in [0.717, 1.165) is 37.6 Å². The minimum atomic E-state index is 0.450. The molecule has 2 heterocycles. The summed E-state index contributed by atoms with van der Waals surface area (Å²) >= 11 is 7.87. The molecule has 0 atom stereocenters. The van der Waals surface area contributed by atoms with Gasteiger partial charge in [0.25, 0.3) is 0 Å². The normalized spacial score (nSPS) is 11.2. The van der Waals surface area contributed by atoms with E-state index >= 15 is 0 Å². The number of aromatic nitrogens is 3. The first-order chi connectivity index (χ1) is 12.1. The largest absolute Gasteiger partial charge is 0.497 e.